The Morgan fingerprint density at radius 3 is 2.67 bits per heavy atom. The second-order valence-corrected chi connectivity index (χ2v) is 7.57. The van der Waals surface area contributed by atoms with Crippen LogP contribution in [0.3, 0.4) is 0 Å². The summed E-state index contributed by atoms with van der Waals surface area (Å²) < 4.78 is 0.757. The molecule has 0 bridgehead atoms. The minimum Gasteiger partial charge on any atom is -0.298 e. The van der Waals surface area contributed by atoms with Crippen LogP contribution in [0.5, 0.6) is 0 Å². The summed E-state index contributed by atoms with van der Waals surface area (Å²) in [5.41, 5.74) is 2.54. The van der Waals surface area contributed by atoms with Crippen LogP contribution in [0.4, 0.5) is 5.13 Å². The van der Waals surface area contributed by atoms with E-state index < -0.39 is 0 Å². The number of hydrogen-bond acceptors (Lipinski definition) is 3. The van der Waals surface area contributed by atoms with E-state index in [4.69, 9.17) is 11.6 Å². The van der Waals surface area contributed by atoms with Gasteiger partial charge in [0, 0.05) is 20.8 Å². The van der Waals surface area contributed by atoms with Gasteiger partial charge in [-0.25, -0.2) is 4.98 Å². The van der Waals surface area contributed by atoms with Crippen molar-refractivity contribution in [3.63, 3.8) is 0 Å². The predicted octanol–water partition coefficient (Wildman–Crippen LogP) is 5.71. The molecule has 0 saturated heterocycles. The number of aryl methyl sites for hydroxylation is 1. The van der Waals surface area contributed by atoms with Gasteiger partial charge in [-0.2, -0.15) is 0 Å². The number of nitrogens with zero attached hydrogens (tertiary/aromatic N) is 1. The average Bonchev–Trinajstić information content (AvgIpc) is 2.89. The second-order valence-electron chi connectivity index (χ2n) is 5.23. The third kappa shape index (κ3) is 3.86. The number of thiazole rings is 1. The Morgan fingerprint density at radius 2 is 1.92 bits per heavy atom. The molecular formula is C18H14BrClN2OS. The van der Waals surface area contributed by atoms with Crippen molar-refractivity contribution in [3.05, 3.63) is 79.7 Å². The van der Waals surface area contributed by atoms with Gasteiger partial charge < -0.3 is 0 Å². The highest BCUT2D eigenvalue weighted by Crippen LogP contribution is 2.28. The Bertz CT molecular complexity index is 894. The molecule has 0 unspecified atom stereocenters. The molecule has 6 heteroatoms. The van der Waals surface area contributed by atoms with E-state index in [1.165, 1.54) is 11.3 Å². The summed E-state index contributed by atoms with van der Waals surface area (Å²) in [6.45, 7) is 1.94. The van der Waals surface area contributed by atoms with Crippen LogP contribution in [0.2, 0.25) is 5.02 Å². The molecule has 0 spiro atoms. The zero-order valence-electron chi connectivity index (χ0n) is 12.8. The molecule has 3 nitrogen and oxygen atoms in total. The van der Waals surface area contributed by atoms with Gasteiger partial charge in [0.25, 0.3) is 5.91 Å². The van der Waals surface area contributed by atoms with Crippen LogP contribution in [-0.4, -0.2) is 10.9 Å². The quantitative estimate of drug-likeness (QED) is 0.586. The van der Waals surface area contributed by atoms with Crippen LogP contribution in [0.15, 0.2) is 53.0 Å². The lowest BCUT2D eigenvalue weighted by Gasteiger charge is -2.03. The number of carbonyl (C=O) groups excluding carboxylic acids is 1. The Kier molecular flexibility index (Phi) is 5.33. The highest BCUT2D eigenvalue weighted by atomic mass is 79.9. The molecule has 1 aromatic heterocycles. The van der Waals surface area contributed by atoms with Crippen molar-refractivity contribution in [2.75, 3.05) is 5.32 Å². The maximum absolute atomic E-state index is 12.4. The zero-order chi connectivity index (χ0) is 17.1. The first kappa shape index (κ1) is 17.1. The van der Waals surface area contributed by atoms with Crippen LogP contribution in [0.1, 0.15) is 26.5 Å². The maximum atomic E-state index is 12.4. The Balaban J connectivity index is 1.78. The van der Waals surface area contributed by atoms with E-state index in [-0.39, 0.29) is 5.91 Å². The first-order chi connectivity index (χ1) is 11.5. The number of rotatable bonds is 4. The molecule has 0 atom stereocenters. The third-order valence-electron chi connectivity index (χ3n) is 3.54. The molecule has 0 radical (unpaired) electrons. The van der Waals surface area contributed by atoms with E-state index in [9.17, 15) is 4.79 Å². The Labute approximate surface area is 157 Å². The average molecular weight is 422 g/mol. The van der Waals surface area contributed by atoms with Crippen LogP contribution in [0.25, 0.3) is 0 Å². The normalized spacial score (nSPS) is 10.6. The minimum absolute atomic E-state index is 0.180. The van der Waals surface area contributed by atoms with E-state index in [1.54, 1.807) is 6.07 Å². The van der Waals surface area contributed by atoms with Crippen LogP contribution < -0.4 is 5.32 Å². The summed E-state index contributed by atoms with van der Waals surface area (Å²) in [7, 11) is 0. The molecule has 1 amide bonds. The summed E-state index contributed by atoms with van der Waals surface area (Å²) in [6.07, 6.45) is 0.702. The van der Waals surface area contributed by atoms with Crippen molar-refractivity contribution < 1.29 is 4.79 Å². The molecule has 24 heavy (non-hydrogen) atoms. The number of nitrogens with one attached hydrogen (secondary N) is 1. The lowest BCUT2D eigenvalue weighted by Crippen LogP contribution is -2.12. The van der Waals surface area contributed by atoms with E-state index in [0.717, 1.165) is 25.6 Å². The molecule has 0 aliphatic carbocycles. The standard InChI is InChI=1S/C18H14BrClN2OS/c1-11-16(10-12-6-2-5-9-15(12)20)24-18(21-11)22-17(23)13-7-3-4-8-14(13)19/h2-9H,10H2,1H3,(H,21,22,23). The largest absolute Gasteiger partial charge is 0.298 e. The number of anilines is 1. The smallest absolute Gasteiger partial charge is 0.258 e. The fraction of sp³-hybridized carbons (Fsp3) is 0.111. The molecule has 0 fully saturated rings. The number of amides is 1. The Morgan fingerprint density at radius 1 is 1.21 bits per heavy atom. The monoisotopic (exact) mass is 420 g/mol. The molecule has 0 aliphatic rings. The molecular weight excluding hydrogens is 408 g/mol. The minimum atomic E-state index is -0.180. The summed E-state index contributed by atoms with van der Waals surface area (Å²) in [5, 5.41) is 4.20. The second kappa shape index (κ2) is 7.47. The van der Waals surface area contributed by atoms with Crippen LogP contribution in [0, 0.1) is 6.92 Å². The SMILES string of the molecule is Cc1nc(NC(=O)c2ccccc2Br)sc1Cc1ccccc1Cl. The van der Waals surface area contributed by atoms with Gasteiger partial charge in [-0.15, -0.1) is 11.3 Å². The highest BCUT2D eigenvalue weighted by molar-refractivity contribution is 9.10. The molecule has 1 N–H and O–H groups in total. The van der Waals surface area contributed by atoms with E-state index >= 15 is 0 Å². The fourth-order valence-corrected chi connectivity index (χ4v) is 3.92. The summed E-state index contributed by atoms with van der Waals surface area (Å²) in [5.74, 6) is -0.180. The molecule has 0 saturated carbocycles. The molecule has 2 aromatic carbocycles. The van der Waals surface area contributed by atoms with Crippen molar-refractivity contribution in [2.24, 2.45) is 0 Å². The first-order valence-electron chi connectivity index (χ1n) is 7.30. The molecule has 1 heterocycles. The van der Waals surface area contributed by atoms with Crippen LogP contribution >= 0.6 is 38.9 Å². The fourth-order valence-electron chi connectivity index (χ4n) is 2.27. The van der Waals surface area contributed by atoms with Gasteiger partial charge in [0.05, 0.1) is 11.3 Å². The number of aromatic nitrogens is 1. The van der Waals surface area contributed by atoms with Gasteiger partial charge in [0.15, 0.2) is 5.13 Å². The first-order valence-corrected chi connectivity index (χ1v) is 9.29. The van der Waals surface area contributed by atoms with Crippen molar-refractivity contribution in [1.82, 2.24) is 4.98 Å². The van der Waals surface area contributed by atoms with Crippen molar-refractivity contribution in [3.8, 4) is 0 Å². The maximum Gasteiger partial charge on any atom is 0.258 e. The summed E-state index contributed by atoms with van der Waals surface area (Å²) >= 11 is 11.1. The topological polar surface area (TPSA) is 42.0 Å². The van der Waals surface area contributed by atoms with Gasteiger partial charge in [0.2, 0.25) is 0 Å². The van der Waals surface area contributed by atoms with Crippen molar-refractivity contribution in [2.45, 2.75) is 13.3 Å². The number of benzene rings is 2. The van der Waals surface area contributed by atoms with Crippen LogP contribution in [-0.2, 0) is 6.42 Å². The predicted molar refractivity (Wildman–Crippen MR) is 103 cm³/mol. The molecule has 122 valence electrons. The van der Waals surface area contributed by atoms with E-state index in [0.29, 0.717) is 17.1 Å². The number of halogens is 2. The zero-order valence-corrected chi connectivity index (χ0v) is 16.0. The van der Waals surface area contributed by atoms with Gasteiger partial charge >= 0.3 is 0 Å². The highest BCUT2D eigenvalue weighted by Gasteiger charge is 2.14. The molecule has 3 aromatic rings. The number of carbonyl (C=O) groups is 1. The lowest BCUT2D eigenvalue weighted by atomic mass is 10.1. The van der Waals surface area contributed by atoms with Crippen molar-refractivity contribution >= 4 is 49.9 Å². The molecule has 3 rings (SSSR count). The van der Waals surface area contributed by atoms with E-state index in [1.807, 2.05) is 49.4 Å². The Hall–Kier alpha value is -1.69. The third-order valence-corrected chi connectivity index (χ3v) is 5.67. The van der Waals surface area contributed by atoms with E-state index in [2.05, 4.69) is 26.2 Å². The van der Waals surface area contributed by atoms with Gasteiger partial charge in [-0.3, -0.25) is 10.1 Å². The summed E-state index contributed by atoms with van der Waals surface area (Å²) in [6, 6.07) is 15.1. The molecule has 0 aliphatic heterocycles. The van der Waals surface area contributed by atoms with Gasteiger partial charge in [-0.1, -0.05) is 41.9 Å². The number of hydrogen-bond donors (Lipinski definition) is 1. The van der Waals surface area contributed by atoms with Gasteiger partial charge in [0.1, 0.15) is 0 Å². The van der Waals surface area contributed by atoms with Crippen molar-refractivity contribution in [1.29, 1.82) is 0 Å². The summed E-state index contributed by atoms with van der Waals surface area (Å²) in [4.78, 5) is 17.9. The van der Waals surface area contributed by atoms with Gasteiger partial charge in [-0.05, 0) is 46.6 Å². The lowest BCUT2D eigenvalue weighted by molar-refractivity contribution is 0.102.